The van der Waals surface area contributed by atoms with E-state index in [0.29, 0.717) is 5.25 Å². The zero-order chi connectivity index (χ0) is 5.98. The van der Waals surface area contributed by atoms with Crippen molar-refractivity contribution in [3.05, 3.63) is 0 Å². The highest BCUT2D eigenvalue weighted by atomic mass is 32.2. The second-order valence-corrected chi connectivity index (χ2v) is 4.33. The van der Waals surface area contributed by atoms with E-state index in [2.05, 4.69) is 11.1 Å². The highest BCUT2D eigenvalue weighted by Gasteiger charge is 2.19. The van der Waals surface area contributed by atoms with Gasteiger partial charge in [0.2, 0.25) is 0 Å². The summed E-state index contributed by atoms with van der Waals surface area (Å²) in [5.41, 5.74) is 0. The van der Waals surface area contributed by atoms with Crippen LogP contribution >= 0.6 is 36.1 Å². The standard InChI is InChI=1S/C4H7NS3/c1-2-3-4(6)8-5-7-3/h3,5H,2H2,1H3. The predicted octanol–water partition coefficient (Wildman–Crippen LogP) is 1.99. The molecule has 0 aromatic carbocycles. The minimum Gasteiger partial charge on any atom is -0.203 e. The Morgan fingerprint density at radius 3 is 2.88 bits per heavy atom. The third kappa shape index (κ3) is 1.37. The molecule has 1 aliphatic heterocycles. The summed E-state index contributed by atoms with van der Waals surface area (Å²) in [5.74, 6) is 0. The summed E-state index contributed by atoms with van der Waals surface area (Å²) in [6, 6.07) is 0. The van der Waals surface area contributed by atoms with Crippen LogP contribution in [0.2, 0.25) is 0 Å². The van der Waals surface area contributed by atoms with Gasteiger partial charge in [0.1, 0.15) is 0 Å². The van der Waals surface area contributed by atoms with Gasteiger partial charge in [-0.1, -0.05) is 31.1 Å². The number of hydrogen-bond acceptors (Lipinski definition) is 4. The molecule has 1 atom stereocenters. The van der Waals surface area contributed by atoms with Crippen molar-refractivity contribution in [2.75, 3.05) is 0 Å². The van der Waals surface area contributed by atoms with E-state index in [1.54, 1.807) is 23.9 Å². The first-order chi connectivity index (χ1) is 3.84. The maximum absolute atomic E-state index is 5.02. The van der Waals surface area contributed by atoms with Gasteiger partial charge in [-0.2, -0.15) is 0 Å². The molecule has 46 valence electrons. The van der Waals surface area contributed by atoms with E-state index < -0.39 is 0 Å². The smallest absolute Gasteiger partial charge is 0.0783 e. The Morgan fingerprint density at radius 2 is 2.62 bits per heavy atom. The van der Waals surface area contributed by atoms with E-state index >= 15 is 0 Å². The fraction of sp³-hybridized carbons (Fsp3) is 0.750. The van der Waals surface area contributed by atoms with Crippen molar-refractivity contribution in [1.82, 2.24) is 4.13 Å². The molecule has 0 radical (unpaired) electrons. The van der Waals surface area contributed by atoms with Crippen LogP contribution in [0.25, 0.3) is 0 Å². The average Bonchev–Trinajstić information content (AvgIpc) is 2.14. The van der Waals surface area contributed by atoms with E-state index in [9.17, 15) is 0 Å². The van der Waals surface area contributed by atoms with E-state index in [1.807, 2.05) is 0 Å². The largest absolute Gasteiger partial charge is 0.203 e. The summed E-state index contributed by atoms with van der Waals surface area (Å²) in [7, 11) is 0. The number of hydrogen-bond donors (Lipinski definition) is 1. The van der Waals surface area contributed by atoms with Gasteiger partial charge in [0.25, 0.3) is 0 Å². The van der Waals surface area contributed by atoms with E-state index in [4.69, 9.17) is 12.2 Å². The molecule has 0 saturated carbocycles. The van der Waals surface area contributed by atoms with Crippen molar-refractivity contribution in [1.29, 1.82) is 0 Å². The molecule has 1 saturated heterocycles. The number of thiocarbonyl (C=S) groups is 1. The lowest BCUT2D eigenvalue weighted by Gasteiger charge is -1.97. The topological polar surface area (TPSA) is 12.0 Å². The zero-order valence-corrected chi connectivity index (χ0v) is 6.96. The van der Waals surface area contributed by atoms with Gasteiger partial charge >= 0.3 is 0 Å². The van der Waals surface area contributed by atoms with Gasteiger partial charge in [0.05, 0.1) is 9.45 Å². The lowest BCUT2D eigenvalue weighted by molar-refractivity contribution is 1.03. The van der Waals surface area contributed by atoms with Crippen molar-refractivity contribution < 1.29 is 0 Å². The second-order valence-electron chi connectivity index (χ2n) is 1.52. The molecule has 0 spiro atoms. The summed E-state index contributed by atoms with van der Waals surface area (Å²) in [5, 5.41) is 0.565. The minimum atomic E-state index is 0.565. The van der Waals surface area contributed by atoms with E-state index in [-0.39, 0.29) is 0 Å². The van der Waals surface area contributed by atoms with Crippen LogP contribution in [0.1, 0.15) is 13.3 Å². The molecule has 1 aliphatic rings. The maximum atomic E-state index is 5.02. The van der Waals surface area contributed by atoms with Gasteiger partial charge < -0.3 is 0 Å². The van der Waals surface area contributed by atoms with Crippen molar-refractivity contribution in [3.63, 3.8) is 0 Å². The molecule has 8 heavy (non-hydrogen) atoms. The molecule has 1 unspecified atom stereocenters. The molecule has 1 nitrogen and oxygen atoms in total. The van der Waals surface area contributed by atoms with Crippen molar-refractivity contribution >= 4 is 40.3 Å². The molecule has 4 heteroatoms. The SMILES string of the molecule is CCC1SNSC1=S. The Labute approximate surface area is 63.3 Å². The summed E-state index contributed by atoms with van der Waals surface area (Å²) in [6.07, 6.45) is 1.14. The first-order valence-electron chi connectivity index (χ1n) is 2.46. The molecular formula is C4H7NS3. The maximum Gasteiger partial charge on any atom is 0.0783 e. The van der Waals surface area contributed by atoms with E-state index in [1.165, 1.54) is 0 Å². The van der Waals surface area contributed by atoms with Gasteiger partial charge in [-0.05, 0) is 18.4 Å². The Balaban J connectivity index is 2.42. The monoisotopic (exact) mass is 165 g/mol. The molecule has 0 aromatic rings. The fourth-order valence-electron chi connectivity index (χ4n) is 0.487. The quantitative estimate of drug-likeness (QED) is 0.471. The number of nitrogens with one attached hydrogen (secondary N) is 1. The van der Waals surface area contributed by atoms with Gasteiger partial charge in [-0.25, -0.2) is 4.13 Å². The normalized spacial score (nSPS) is 29.1. The molecule has 1 N–H and O–H groups in total. The zero-order valence-electron chi connectivity index (χ0n) is 4.51. The van der Waals surface area contributed by atoms with Crippen LogP contribution in [0.4, 0.5) is 0 Å². The lowest BCUT2D eigenvalue weighted by atomic mass is 10.4. The third-order valence-electron chi connectivity index (χ3n) is 0.966. The van der Waals surface area contributed by atoms with Crippen LogP contribution < -0.4 is 4.13 Å². The van der Waals surface area contributed by atoms with Crippen molar-refractivity contribution in [2.24, 2.45) is 0 Å². The highest BCUT2D eigenvalue weighted by Crippen LogP contribution is 2.28. The highest BCUT2D eigenvalue weighted by molar-refractivity contribution is 8.32. The third-order valence-corrected chi connectivity index (χ3v) is 3.86. The molecule has 1 fully saturated rings. The minimum absolute atomic E-state index is 0.565. The van der Waals surface area contributed by atoms with Gasteiger partial charge in [0.15, 0.2) is 0 Å². The van der Waals surface area contributed by atoms with Gasteiger partial charge in [-0.15, -0.1) is 0 Å². The Kier molecular flexibility index (Phi) is 2.62. The predicted molar refractivity (Wildman–Crippen MR) is 45.0 cm³/mol. The summed E-state index contributed by atoms with van der Waals surface area (Å²) in [4.78, 5) is 0. The number of rotatable bonds is 1. The van der Waals surface area contributed by atoms with E-state index in [0.717, 1.165) is 10.6 Å². The average molecular weight is 165 g/mol. The van der Waals surface area contributed by atoms with Crippen molar-refractivity contribution in [2.45, 2.75) is 18.6 Å². The van der Waals surface area contributed by atoms with Crippen molar-refractivity contribution in [3.8, 4) is 0 Å². The molecular weight excluding hydrogens is 158 g/mol. The molecule has 0 aliphatic carbocycles. The van der Waals surface area contributed by atoms with Gasteiger partial charge in [0, 0.05) is 0 Å². The van der Waals surface area contributed by atoms with Crippen LogP contribution in [0, 0.1) is 0 Å². The van der Waals surface area contributed by atoms with Gasteiger partial charge in [-0.3, -0.25) is 0 Å². The Hall–Kier alpha value is 0.750. The summed E-state index contributed by atoms with van der Waals surface area (Å²) >= 11 is 8.32. The van der Waals surface area contributed by atoms with Crippen LogP contribution in [0.15, 0.2) is 0 Å². The van der Waals surface area contributed by atoms with Crippen LogP contribution in [0.5, 0.6) is 0 Å². The second kappa shape index (κ2) is 3.06. The summed E-state index contributed by atoms with van der Waals surface area (Å²) < 4.78 is 4.16. The first-order valence-corrected chi connectivity index (χ1v) is 4.56. The Morgan fingerprint density at radius 1 is 1.88 bits per heavy atom. The molecule has 0 amide bonds. The summed E-state index contributed by atoms with van der Waals surface area (Å²) in [6.45, 7) is 2.15. The molecule has 0 aromatic heterocycles. The van der Waals surface area contributed by atoms with Crippen LogP contribution in [-0.4, -0.2) is 9.45 Å². The molecule has 0 bridgehead atoms. The fourth-order valence-corrected chi connectivity index (χ4v) is 2.94. The van der Waals surface area contributed by atoms with Crippen LogP contribution in [0.3, 0.4) is 0 Å². The first kappa shape index (κ1) is 6.86. The Bertz CT molecular complexity index is 103. The van der Waals surface area contributed by atoms with Crippen LogP contribution in [-0.2, 0) is 0 Å². The molecule has 1 rings (SSSR count). The molecule has 1 heterocycles. The lowest BCUT2D eigenvalue weighted by Crippen LogP contribution is -2.02.